The van der Waals surface area contributed by atoms with Crippen LogP contribution in [-0.2, 0) is 4.79 Å². The fourth-order valence-corrected chi connectivity index (χ4v) is 2.68. The summed E-state index contributed by atoms with van der Waals surface area (Å²) in [6.07, 6.45) is 5.71. The van der Waals surface area contributed by atoms with E-state index in [1.54, 1.807) is 0 Å². The molecule has 1 N–H and O–H groups in total. The number of hydrogen-bond acceptors (Lipinski definition) is 3. The Kier molecular flexibility index (Phi) is 6.54. The van der Waals surface area contributed by atoms with Crippen LogP contribution in [0, 0.1) is 0 Å². The van der Waals surface area contributed by atoms with Gasteiger partial charge in [-0.1, -0.05) is 25.0 Å². The fourth-order valence-electron chi connectivity index (χ4n) is 2.68. The Labute approximate surface area is 127 Å². The molecule has 0 bridgehead atoms. The van der Waals surface area contributed by atoms with Crippen molar-refractivity contribution in [2.24, 2.45) is 0 Å². The van der Waals surface area contributed by atoms with Crippen LogP contribution in [0.2, 0.25) is 0 Å². The lowest BCUT2D eigenvalue weighted by Gasteiger charge is -2.19. The molecule has 0 unspecified atom stereocenters. The lowest BCUT2D eigenvalue weighted by atomic mass is 10.2. The lowest BCUT2D eigenvalue weighted by molar-refractivity contribution is -0.116. The SMILES string of the molecule is CCOc1ccccc1NC(=O)CCN1CCCCCC1. The van der Waals surface area contributed by atoms with E-state index in [-0.39, 0.29) is 5.91 Å². The van der Waals surface area contributed by atoms with Crippen LogP contribution in [0.3, 0.4) is 0 Å². The Morgan fingerprint density at radius 1 is 1.19 bits per heavy atom. The molecule has 0 radical (unpaired) electrons. The summed E-state index contributed by atoms with van der Waals surface area (Å²) >= 11 is 0. The van der Waals surface area contributed by atoms with E-state index in [9.17, 15) is 4.79 Å². The van der Waals surface area contributed by atoms with Crippen molar-refractivity contribution in [3.05, 3.63) is 24.3 Å². The predicted octanol–water partition coefficient (Wildman–Crippen LogP) is 3.29. The number of amides is 1. The minimum Gasteiger partial charge on any atom is -0.492 e. The first kappa shape index (κ1) is 15.8. The van der Waals surface area contributed by atoms with Crippen LogP contribution in [0.4, 0.5) is 5.69 Å². The van der Waals surface area contributed by atoms with Crippen molar-refractivity contribution in [3.8, 4) is 5.75 Å². The number of benzene rings is 1. The van der Waals surface area contributed by atoms with Gasteiger partial charge in [0.2, 0.25) is 5.91 Å². The molecule has 1 fully saturated rings. The zero-order valence-corrected chi connectivity index (χ0v) is 12.9. The summed E-state index contributed by atoms with van der Waals surface area (Å²) in [5, 5.41) is 2.96. The minimum absolute atomic E-state index is 0.0615. The molecule has 21 heavy (non-hydrogen) atoms. The monoisotopic (exact) mass is 290 g/mol. The maximum atomic E-state index is 12.1. The van der Waals surface area contributed by atoms with Crippen molar-refractivity contribution in [1.29, 1.82) is 0 Å². The number of ether oxygens (including phenoxy) is 1. The number of likely N-dealkylation sites (tertiary alicyclic amines) is 1. The van der Waals surface area contributed by atoms with Gasteiger partial charge in [-0.15, -0.1) is 0 Å². The summed E-state index contributed by atoms with van der Waals surface area (Å²) < 4.78 is 5.52. The van der Waals surface area contributed by atoms with Gasteiger partial charge in [-0.25, -0.2) is 0 Å². The number of anilines is 1. The maximum absolute atomic E-state index is 12.1. The van der Waals surface area contributed by atoms with Gasteiger partial charge in [-0.3, -0.25) is 4.79 Å². The first-order valence-corrected chi connectivity index (χ1v) is 8.03. The molecule has 1 aromatic rings. The van der Waals surface area contributed by atoms with E-state index in [1.165, 1.54) is 25.7 Å². The molecule has 1 saturated heterocycles. The predicted molar refractivity (Wildman–Crippen MR) is 85.8 cm³/mol. The number of carbonyl (C=O) groups excluding carboxylic acids is 1. The molecule has 1 amide bonds. The van der Waals surface area contributed by atoms with Gasteiger partial charge in [0.1, 0.15) is 5.75 Å². The first-order chi connectivity index (χ1) is 10.3. The molecule has 1 aromatic carbocycles. The average molecular weight is 290 g/mol. The molecule has 0 aliphatic carbocycles. The molecule has 1 heterocycles. The molecule has 2 rings (SSSR count). The average Bonchev–Trinajstić information content (AvgIpc) is 2.76. The standard InChI is InChI=1S/C17H26N2O2/c1-2-21-16-10-6-5-9-15(16)18-17(20)11-14-19-12-7-3-4-8-13-19/h5-6,9-10H,2-4,7-8,11-14H2,1H3,(H,18,20). The molecule has 4 nitrogen and oxygen atoms in total. The van der Waals surface area contributed by atoms with Gasteiger partial charge in [0, 0.05) is 13.0 Å². The summed E-state index contributed by atoms with van der Waals surface area (Å²) in [6.45, 7) is 5.65. The van der Waals surface area contributed by atoms with Crippen LogP contribution >= 0.6 is 0 Å². The Bertz CT molecular complexity index is 440. The molecule has 116 valence electrons. The Morgan fingerprint density at radius 3 is 2.62 bits per heavy atom. The van der Waals surface area contributed by atoms with Crippen LogP contribution in [0.25, 0.3) is 0 Å². The summed E-state index contributed by atoms with van der Waals surface area (Å²) in [7, 11) is 0. The summed E-state index contributed by atoms with van der Waals surface area (Å²) in [5.74, 6) is 0.800. The van der Waals surface area contributed by atoms with Crippen molar-refractivity contribution in [2.45, 2.75) is 39.0 Å². The highest BCUT2D eigenvalue weighted by atomic mass is 16.5. The molecular formula is C17H26N2O2. The second-order valence-electron chi connectivity index (χ2n) is 5.48. The minimum atomic E-state index is 0.0615. The van der Waals surface area contributed by atoms with Crippen LogP contribution in [0.15, 0.2) is 24.3 Å². The molecule has 0 aromatic heterocycles. The molecule has 0 spiro atoms. The number of nitrogens with zero attached hydrogens (tertiary/aromatic N) is 1. The Hall–Kier alpha value is -1.55. The van der Waals surface area contributed by atoms with Crippen molar-refractivity contribution in [2.75, 3.05) is 31.6 Å². The number of carbonyl (C=O) groups is 1. The van der Waals surface area contributed by atoms with Gasteiger partial charge in [0.25, 0.3) is 0 Å². The molecule has 1 aliphatic heterocycles. The largest absolute Gasteiger partial charge is 0.492 e. The van der Waals surface area contributed by atoms with Crippen LogP contribution in [0.1, 0.15) is 39.0 Å². The zero-order valence-electron chi connectivity index (χ0n) is 12.9. The Balaban J connectivity index is 1.81. The van der Waals surface area contributed by atoms with Gasteiger partial charge in [-0.05, 0) is 45.0 Å². The molecule has 0 atom stereocenters. The second-order valence-corrected chi connectivity index (χ2v) is 5.48. The van der Waals surface area contributed by atoms with Gasteiger partial charge in [-0.2, -0.15) is 0 Å². The normalized spacial score (nSPS) is 16.2. The van der Waals surface area contributed by atoms with E-state index in [1.807, 2.05) is 31.2 Å². The van der Waals surface area contributed by atoms with Gasteiger partial charge < -0.3 is 15.0 Å². The highest BCUT2D eigenvalue weighted by Gasteiger charge is 2.12. The number of para-hydroxylation sites is 2. The zero-order chi connectivity index (χ0) is 14.9. The number of nitrogens with one attached hydrogen (secondary N) is 1. The fraction of sp³-hybridized carbons (Fsp3) is 0.588. The summed E-state index contributed by atoms with van der Waals surface area (Å²) in [6, 6.07) is 7.59. The lowest BCUT2D eigenvalue weighted by Crippen LogP contribution is -2.28. The third-order valence-electron chi connectivity index (χ3n) is 3.81. The quantitative estimate of drug-likeness (QED) is 0.874. The third kappa shape index (κ3) is 5.38. The van der Waals surface area contributed by atoms with Crippen LogP contribution < -0.4 is 10.1 Å². The van der Waals surface area contributed by atoms with E-state index in [2.05, 4.69) is 10.2 Å². The van der Waals surface area contributed by atoms with Gasteiger partial charge in [0.15, 0.2) is 0 Å². The van der Waals surface area contributed by atoms with Crippen molar-refractivity contribution < 1.29 is 9.53 Å². The Morgan fingerprint density at radius 2 is 1.90 bits per heavy atom. The molecular weight excluding hydrogens is 264 g/mol. The number of hydrogen-bond donors (Lipinski definition) is 1. The van der Waals surface area contributed by atoms with E-state index in [4.69, 9.17) is 4.74 Å². The topological polar surface area (TPSA) is 41.6 Å². The summed E-state index contributed by atoms with van der Waals surface area (Å²) in [5.41, 5.74) is 0.764. The van der Waals surface area contributed by atoms with Gasteiger partial charge >= 0.3 is 0 Å². The molecule has 1 aliphatic rings. The van der Waals surface area contributed by atoms with E-state index >= 15 is 0 Å². The molecule has 4 heteroatoms. The number of rotatable bonds is 6. The van der Waals surface area contributed by atoms with Crippen molar-refractivity contribution in [1.82, 2.24) is 4.90 Å². The summed E-state index contributed by atoms with van der Waals surface area (Å²) in [4.78, 5) is 14.5. The van der Waals surface area contributed by atoms with E-state index in [0.29, 0.717) is 13.0 Å². The second kappa shape index (κ2) is 8.67. The third-order valence-corrected chi connectivity index (χ3v) is 3.81. The highest BCUT2D eigenvalue weighted by molar-refractivity contribution is 5.92. The van der Waals surface area contributed by atoms with Crippen LogP contribution in [0.5, 0.6) is 5.75 Å². The smallest absolute Gasteiger partial charge is 0.225 e. The van der Waals surface area contributed by atoms with E-state index < -0.39 is 0 Å². The van der Waals surface area contributed by atoms with Crippen molar-refractivity contribution >= 4 is 11.6 Å². The van der Waals surface area contributed by atoms with Crippen molar-refractivity contribution in [3.63, 3.8) is 0 Å². The first-order valence-electron chi connectivity index (χ1n) is 8.03. The highest BCUT2D eigenvalue weighted by Crippen LogP contribution is 2.23. The maximum Gasteiger partial charge on any atom is 0.225 e. The van der Waals surface area contributed by atoms with Crippen LogP contribution in [-0.4, -0.2) is 37.0 Å². The van der Waals surface area contributed by atoms with Gasteiger partial charge in [0.05, 0.1) is 12.3 Å². The van der Waals surface area contributed by atoms with E-state index in [0.717, 1.165) is 31.1 Å². The molecule has 0 saturated carbocycles.